The molecule has 0 spiro atoms. The molecule has 0 amide bonds. The topological polar surface area (TPSA) is 50.4 Å². The minimum Gasteiger partial charge on any atom is -0.508 e. The van der Waals surface area contributed by atoms with E-state index in [-0.39, 0.29) is 11.5 Å². The Morgan fingerprint density at radius 3 is 2.59 bits per heavy atom. The normalized spacial score (nSPS) is 10.4. The van der Waals surface area contributed by atoms with E-state index in [0.29, 0.717) is 11.3 Å². The second-order valence-corrected chi connectivity index (χ2v) is 4.62. The Kier molecular flexibility index (Phi) is 3.54. The van der Waals surface area contributed by atoms with Gasteiger partial charge >= 0.3 is 0 Å². The van der Waals surface area contributed by atoms with Gasteiger partial charge in [0.15, 0.2) is 5.78 Å². The van der Waals surface area contributed by atoms with Gasteiger partial charge in [-0.1, -0.05) is 0 Å². The van der Waals surface area contributed by atoms with Crippen LogP contribution >= 0.6 is 11.8 Å². The summed E-state index contributed by atoms with van der Waals surface area (Å²) in [5, 5.41) is 9.13. The number of ketones is 1. The van der Waals surface area contributed by atoms with Crippen LogP contribution in [0.4, 0.5) is 0 Å². The molecule has 4 heteroatoms. The predicted octanol–water partition coefficient (Wildman–Crippen LogP) is 3.27. The van der Waals surface area contributed by atoms with Gasteiger partial charge in [0.2, 0.25) is 0 Å². The van der Waals surface area contributed by atoms with Gasteiger partial charge in [-0.25, -0.2) is 0 Å². The molecule has 1 N–H and O–H groups in total. The summed E-state index contributed by atoms with van der Waals surface area (Å²) in [6, 6.07) is 8.13. The number of carbonyl (C=O) groups is 1. The molecule has 1 heterocycles. The summed E-state index contributed by atoms with van der Waals surface area (Å²) in [5.74, 6) is 1.40. The van der Waals surface area contributed by atoms with Crippen molar-refractivity contribution in [1.82, 2.24) is 0 Å². The SMILES string of the molecule is Cc1occc1SCC(=O)c1ccc(O)cc1. The smallest absolute Gasteiger partial charge is 0.173 e. The third-order valence-corrected chi connectivity index (χ3v) is 3.50. The quantitative estimate of drug-likeness (QED) is 0.666. The van der Waals surface area contributed by atoms with E-state index in [0.717, 1.165) is 10.7 Å². The first-order chi connectivity index (χ1) is 8.16. The van der Waals surface area contributed by atoms with Crippen molar-refractivity contribution in [3.05, 3.63) is 47.9 Å². The van der Waals surface area contributed by atoms with E-state index in [1.165, 1.54) is 23.9 Å². The second-order valence-electron chi connectivity index (χ2n) is 3.60. The first kappa shape index (κ1) is 11.8. The fraction of sp³-hybridized carbons (Fsp3) is 0.154. The van der Waals surface area contributed by atoms with E-state index < -0.39 is 0 Å². The second kappa shape index (κ2) is 5.10. The average molecular weight is 248 g/mol. The largest absolute Gasteiger partial charge is 0.508 e. The van der Waals surface area contributed by atoms with Crippen LogP contribution in [0.2, 0.25) is 0 Å². The van der Waals surface area contributed by atoms with Gasteiger partial charge in [0.25, 0.3) is 0 Å². The molecule has 0 aliphatic heterocycles. The molecule has 1 aromatic carbocycles. The van der Waals surface area contributed by atoms with Crippen LogP contribution in [0.1, 0.15) is 16.1 Å². The zero-order chi connectivity index (χ0) is 12.3. The lowest BCUT2D eigenvalue weighted by atomic mass is 10.1. The molecule has 0 aliphatic rings. The summed E-state index contributed by atoms with van der Waals surface area (Å²) in [6.07, 6.45) is 1.61. The highest BCUT2D eigenvalue weighted by atomic mass is 32.2. The molecule has 0 saturated carbocycles. The third-order valence-electron chi connectivity index (χ3n) is 2.36. The molecule has 0 aliphatic carbocycles. The number of carbonyl (C=O) groups excluding carboxylic acids is 1. The van der Waals surface area contributed by atoms with Crippen LogP contribution in [0.3, 0.4) is 0 Å². The van der Waals surface area contributed by atoms with Crippen molar-refractivity contribution in [3.8, 4) is 5.75 Å². The van der Waals surface area contributed by atoms with E-state index in [1.54, 1.807) is 18.4 Å². The zero-order valence-electron chi connectivity index (χ0n) is 9.34. The standard InChI is InChI=1S/C13H12O3S/c1-9-13(6-7-16-9)17-8-12(15)10-2-4-11(14)5-3-10/h2-7,14H,8H2,1H3. The molecule has 0 fully saturated rings. The molecule has 1 aromatic heterocycles. The van der Waals surface area contributed by atoms with E-state index >= 15 is 0 Å². The van der Waals surface area contributed by atoms with Crippen molar-refractivity contribution in [1.29, 1.82) is 0 Å². The maximum atomic E-state index is 11.8. The molecular formula is C13H12O3S. The number of aryl methyl sites for hydroxylation is 1. The van der Waals surface area contributed by atoms with Crippen LogP contribution in [0.5, 0.6) is 5.75 Å². The number of furan rings is 1. The van der Waals surface area contributed by atoms with Crippen LogP contribution in [0, 0.1) is 6.92 Å². The lowest BCUT2D eigenvalue weighted by Gasteiger charge is -2.00. The first-order valence-electron chi connectivity index (χ1n) is 5.16. The molecule has 88 valence electrons. The van der Waals surface area contributed by atoms with Crippen LogP contribution in [0.15, 0.2) is 45.9 Å². The van der Waals surface area contributed by atoms with Gasteiger partial charge in [-0.3, -0.25) is 4.79 Å². The van der Waals surface area contributed by atoms with Gasteiger partial charge < -0.3 is 9.52 Å². The van der Waals surface area contributed by atoms with E-state index in [1.807, 2.05) is 13.0 Å². The summed E-state index contributed by atoms with van der Waals surface area (Å²) in [5.41, 5.74) is 0.608. The van der Waals surface area contributed by atoms with Crippen LogP contribution < -0.4 is 0 Å². The predicted molar refractivity (Wildman–Crippen MR) is 66.6 cm³/mol. The summed E-state index contributed by atoms with van der Waals surface area (Å²) in [4.78, 5) is 12.8. The number of thioether (sulfide) groups is 1. The number of aromatic hydroxyl groups is 1. The van der Waals surface area contributed by atoms with Gasteiger partial charge in [0.05, 0.1) is 12.0 Å². The Morgan fingerprint density at radius 2 is 2.00 bits per heavy atom. The van der Waals surface area contributed by atoms with Gasteiger partial charge in [-0.2, -0.15) is 0 Å². The van der Waals surface area contributed by atoms with E-state index in [9.17, 15) is 4.79 Å². The van der Waals surface area contributed by atoms with E-state index in [4.69, 9.17) is 9.52 Å². The van der Waals surface area contributed by atoms with Crippen molar-refractivity contribution in [2.24, 2.45) is 0 Å². The Balaban J connectivity index is 1.98. The summed E-state index contributed by atoms with van der Waals surface area (Å²) < 4.78 is 5.15. The number of phenols is 1. The molecule has 0 unspecified atom stereocenters. The van der Waals surface area contributed by atoms with Crippen LogP contribution in [-0.2, 0) is 0 Å². The number of Topliss-reactive ketones (excluding diaryl/α,β-unsaturated/α-hetero) is 1. The highest BCUT2D eigenvalue weighted by Gasteiger charge is 2.08. The molecule has 3 nitrogen and oxygen atoms in total. The van der Waals surface area contributed by atoms with Crippen molar-refractivity contribution in [2.75, 3.05) is 5.75 Å². The zero-order valence-corrected chi connectivity index (χ0v) is 10.2. The van der Waals surface area contributed by atoms with Crippen LogP contribution in [-0.4, -0.2) is 16.6 Å². The monoisotopic (exact) mass is 248 g/mol. The molecule has 0 saturated heterocycles. The molecule has 17 heavy (non-hydrogen) atoms. The highest BCUT2D eigenvalue weighted by Crippen LogP contribution is 2.24. The fourth-order valence-corrected chi connectivity index (χ4v) is 2.25. The molecular weight excluding hydrogens is 236 g/mol. The Hall–Kier alpha value is -1.68. The number of benzene rings is 1. The molecule has 2 rings (SSSR count). The van der Waals surface area contributed by atoms with Crippen molar-refractivity contribution in [3.63, 3.8) is 0 Å². The molecule has 0 bridgehead atoms. The van der Waals surface area contributed by atoms with Crippen molar-refractivity contribution in [2.45, 2.75) is 11.8 Å². The molecule has 2 aromatic rings. The van der Waals surface area contributed by atoms with Gasteiger partial charge in [0.1, 0.15) is 11.5 Å². The summed E-state index contributed by atoms with van der Waals surface area (Å²) >= 11 is 1.46. The van der Waals surface area contributed by atoms with Crippen molar-refractivity contribution >= 4 is 17.5 Å². The number of hydrogen-bond acceptors (Lipinski definition) is 4. The van der Waals surface area contributed by atoms with Gasteiger partial charge in [0, 0.05) is 10.5 Å². The third kappa shape index (κ3) is 2.91. The van der Waals surface area contributed by atoms with Gasteiger partial charge in [-0.15, -0.1) is 11.8 Å². The highest BCUT2D eigenvalue weighted by molar-refractivity contribution is 8.00. The fourth-order valence-electron chi connectivity index (χ4n) is 1.40. The number of phenolic OH excluding ortho intramolecular Hbond substituents is 1. The molecule has 0 radical (unpaired) electrons. The maximum Gasteiger partial charge on any atom is 0.173 e. The van der Waals surface area contributed by atoms with Crippen molar-refractivity contribution < 1.29 is 14.3 Å². The summed E-state index contributed by atoms with van der Waals surface area (Å²) in [7, 11) is 0. The Labute approximate surface area is 103 Å². The number of rotatable bonds is 4. The molecule has 0 atom stereocenters. The summed E-state index contributed by atoms with van der Waals surface area (Å²) in [6.45, 7) is 1.87. The maximum absolute atomic E-state index is 11.8. The average Bonchev–Trinajstić information content (AvgIpc) is 2.73. The Bertz CT molecular complexity index is 514. The minimum absolute atomic E-state index is 0.0376. The first-order valence-corrected chi connectivity index (χ1v) is 6.14. The van der Waals surface area contributed by atoms with Gasteiger partial charge in [-0.05, 0) is 37.3 Å². The lowest BCUT2D eigenvalue weighted by Crippen LogP contribution is -2.01. The Morgan fingerprint density at radius 1 is 1.29 bits per heavy atom. The lowest BCUT2D eigenvalue weighted by molar-refractivity contribution is 0.102. The minimum atomic E-state index is 0.0376. The number of hydrogen-bond donors (Lipinski definition) is 1. The van der Waals surface area contributed by atoms with Crippen LogP contribution in [0.25, 0.3) is 0 Å². The van der Waals surface area contributed by atoms with E-state index in [2.05, 4.69) is 0 Å².